The van der Waals surface area contributed by atoms with E-state index in [-0.39, 0.29) is 6.04 Å². The number of aryl methyl sites for hydroxylation is 2. The van der Waals surface area contributed by atoms with Crippen LogP contribution in [-0.2, 0) is 0 Å². The van der Waals surface area contributed by atoms with Gasteiger partial charge in [-0.15, -0.1) is 0 Å². The maximum absolute atomic E-state index is 5.72. The van der Waals surface area contributed by atoms with Crippen molar-refractivity contribution < 1.29 is 4.74 Å². The van der Waals surface area contributed by atoms with E-state index in [4.69, 9.17) is 10.6 Å². The Hall–Kier alpha value is -1.84. The third kappa shape index (κ3) is 4.08. The second-order valence-electron chi connectivity index (χ2n) is 5.09. The number of rotatable bonds is 6. The fourth-order valence-electron chi connectivity index (χ4n) is 2.37. The molecule has 3 nitrogen and oxygen atoms in total. The van der Waals surface area contributed by atoms with Crippen LogP contribution in [0.5, 0.6) is 5.75 Å². The van der Waals surface area contributed by atoms with Gasteiger partial charge in [0.15, 0.2) is 0 Å². The number of para-hydroxylation sites is 1. The normalized spacial score (nSPS) is 12.2. The predicted octanol–water partition coefficient (Wildman–Crippen LogP) is 3.28. The summed E-state index contributed by atoms with van der Waals surface area (Å²) in [5.41, 5.74) is 6.60. The topological polar surface area (TPSA) is 47.3 Å². The number of hydrogen-bond acceptors (Lipinski definition) is 3. The molecule has 1 atom stereocenters. The van der Waals surface area contributed by atoms with E-state index in [9.17, 15) is 0 Å². The third-order valence-corrected chi connectivity index (χ3v) is 3.27. The number of ether oxygens (including phenoxy) is 1. The van der Waals surface area contributed by atoms with Crippen LogP contribution in [0.2, 0.25) is 0 Å². The summed E-state index contributed by atoms with van der Waals surface area (Å²) in [5.74, 6) is 6.57. The molecular weight excluding hydrogens is 248 g/mol. The van der Waals surface area contributed by atoms with Crippen LogP contribution in [0.25, 0.3) is 0 Å². The molecule has 2 aromatic carbocycles. The zero-order valence-electron chi connectivity index (χ0n) is 12.1. The van der Waals surface area contributed by atoms with Gasteiger partial charge in [-0.1, -0.05) is 47.5 Å². The molecule has 0 aliphatic carbocycles. The lowest BCUT2D eigenvalue weighted by Gasteiger charge is -2.18. The van der Waals surface area contributed by atoms with Crippen molar-refractivity contribution in [1.82, 2.24) is 5.43 Å². The summed E-state index contributed by atoms with van der Waals surface area (Å²) in [5, 5.41) is 0. The van der Waals surface area contributed by atoms with Gasteiger partial charge in [-0.2, -0.15) is 0 Å². The molecule has 3 N–H and O–H groups in total. The highest BCUT2D eigenvalue weighted by molar-refractivity contribution is 5.30. The molecule has 0 saturated carbocycles. The minimum Gasteiger partial charge on any atom is -0.494 e. The molecule has 2 rings (SSSR count). The molecule has 2 aromatic rings. The van der Waals surface area contributed by atoms with Crippen molar-refractivity contribution in [2.45, 2.75) is 26.3 Å². The lowest BCUT2D eigenvalue weighted by Crippen LogP contribution is -2.29. The first-order chi connectivity index (χ1) is 9.69. The molecule has 0 bridgehead atoms. The first-order valence-corrected chi connectivity index (χ1v) is 6.91. The van der Waals surface area contributed by atoms with E-state index in [1.165, 1.54) is 16.7 Å². The number of nitrogens with two attached hydrogens (primary N) is 1. The van der Waals surface area contributed by atoms with E-state index in [1.54, 1.807) is 0 Å². The van der Waals surface area contributed by atoms with E-state index >= 15 is 0 Å². The SMILES string of the molecule is Cc1cc(C)cc(C(CCOc2ccccc2)NN)c1. The monoisotopic (exact) mass is 270 g/mol. The zero-order chi connectivity index (χ0) is 14.4. The molecule has 0 fully saturated rings. The van der Waals surface area contributed by atoms with Crippen molar-refractivity contribution in [3.63, 3.8) is 0 Å². The van der Waals surface area contributed by atoms with Gasteiger partial charge in [0, 0.05) is 12.5 Å². The highest BCUT2D eigenvalue weighted by Gasteiger charge is 2.10. The molecule has 3 heteroatoms. The standard InChI is InChI=1S/C17H22N2O/c1-13-10-14(2)12-15(11-13)17(19-18)8-9-20-16-6-4-3-5-7-16/h3-7,10-12,17,19H,8-9,18H2,1-2H3. The Labute approximate surface area is 120 Å². The maximum atomic E-state index is 5.72. The Kier molecular flexibility index (Phi) is 5.16. The number of hydrogen-bond donors (Lipinski definition) is 2. The molecule has 0 amide bonds. The summed E-state index contributed by atoms with van der Waals surface area (Å²) in [6, 6.07) is 16.4. The summed E-state index contributed by atoms with van der Waals surface area (Å²) >= 11 is 0. The van der Waals surface area contributed by atoms with Crippen LogP contribution < -0.4 is 16.0 Å². The van der Waals surface area contributed by atoms with Crippen LogP contribution >= 0.6 is 0 Å². The van der Waals surface area contributed by atoms with Crippen LogP contribution in [0.3, 0.4) is 0 Å². The van der Waals surface area contributed by atoms with Crippen LogP contribution in [0.1, 0.15) is 29.2 Å². The summed E-state index contributed by atoms with van der Waals surface area (Å²) in [6.45, 7) is 4.83. The van der Waals surface area contributed by atoms with E-state index in [0.717, 1.165) is 12.2 Å². The molecule has 106 valence electrons. The predicted molar refractivity (Wildman–Crippen MR) is 82.5 cm³/mol. The van der Waals surface area contributed by atoms with Crippen molar-refractivity contribution in [1.29, 1.82) is 0 Å². The summed E-state index contributed by atoms with van der Waals surface area (Å²) in [7, 11) is 0. The van der Waals surface area contributed by atoms with Crippen molar-refractivity contribution in [2.24, 2.45) is 5.84 Å². The van der Waals surface area contributed by atoms with Gasteiger partial charge in [-0.3, -0.25) is 11.3 Å². The molecule has 0 radical (unpaired) electrons. The number of nitrogens with one attached hydrogen (secondary N) is 1. The Morgan fingerprint density at radius 1 is 1.05 bits per heavy atom. The molecular formula is C17H22N2O. The summed E-state index contributed by atoms with van der Waals surface area (Å²) in [6.07, 6.45) is 0.828. The van der Waals surface area contributed by atoms with Gasteiger partial charge in [0.2, 0.25) is 0 Å². The quantitative estimate of drug-likeness (QED) is 0.625. The van der Waals surface area contributed by atoms with Gasteiger partial charge in [-0.25, -0.2) is 0 Å². The largest absolute Gasteiger partial charge is 0.494 e. The van der Waals surface area contributed by atoms with E-state index in [1.807, 2.05) is 30.3 Å². The Morgan fingerprint density at radius 3 is 2.30 bits per heavy atom. The molecule has 20 heavy (non-hydrogen) atoms. The zero-order valence-corrected chi connectivity index (χ0v) is 12.1. The van der Waals surface area contributed by atoms with Crippen molar-refractivity contribution in [3.8, 4) is 5.75 Å². The molecule has 0 heterocycles. The highest BCUT2D eigenvalue weighted by atomic mass is 16.5. The van der Waals surface area contributed by atoms with Crippen LogP contribution in [0, 0.1) is 13.8 Å². The highest BCUT2D eigenvalue weighted by Crippen LogP contribution is 2.20. The van der Waals surface area contributed by atoms with Crippen molar-refractivity contribution in [3.05, 3.63) is 65.2 Å². The maximum Gasteiger partial charge on any atom is 0.119 e. The average Bonchev–Trinajstić information content (AvgIpc) is 2.43. The molecule has 1 unspecified atom stereocenters. The minimum atomic E-state index is 0.109. The first-order valence-electron chi connectivity index (χ1n) is 6.91. The molecule has 0 aliphatic heterocycles. The smallest absolute Gasteiger partial charge is 0.119 e. The van der Waals surface area contributed by atoms with Gasteiger partial charge in [0.25, 0.3) is 0 Å². The second-order valence-corrected chi connectivity index (χ2v) is 5.09. The molecule has 0 aromatic heterocycles. The van der Waals surface area contributed by atoms with Gasteiger partial charge in [-0.05, 0) is 31.5 Å². The van der Waals surface area contributed by atoms with Gasteiger partial charge >= 0.3 is 0 Å². The number of hydrazine groups is 1. The van der Waals surface area contributed by atoms with E-state index < -0.39 is 0 Å². The van der Waals surface area contributed by atoms with E-state index in [2.05, 4.69) is 37.5 Å². The Bertz CT molecular complexity index is 520. The fourth-order valence-corrected chi connectivity index (χ4v) is 2.37. The summed E-state index contributed by atoms with van der Waals surface area (Å²) in [4.78, 5) is 0. The minimum absolute atomic E-state index is 0.109. The average molecular weight is 270 g/mol. The van der Waals surface area contributed by atoms with Crippen LogP contribution in [0.4, 0.5) is 0 Å². The second kappa shape index (κ2) is 7.08. The van der Waals surface area contributed by atoms with Crippen LogP contribution in [0.15, 0.2) is 48.5 Å². The van der Waals surface area contributed by atoms with Crippen molar-refractivity contribution >= 4 is 0 Å². The number of benzene rings is 2. The van der Waals surface area contributed by atoms with Crippen LogP contribution in [-0.4, -0.2) is 6.61 Å². The molecule has 0 spiro atoms. The third-order valence-electron chi connectivity index (χ3n) is 3.27. The Balaban J connectivity index is 1.95. The fraction of sp³-hybridized carbons (Fsp3) is 0.294. The van der Waals surface area contributed by atoms with Gasteiger partial charge in [0.1, 0.15) is 5.75 Å². The lowest BCUT2D eigenvalue weighted by atomic mass is 10.00. The molecule has 0 saturated heterocycles. The van der Waals surface area contributed by atoms with Gasteiger partial charge in [0.05, 0.1) is 6.61 Å². The Morgan fingerprint density at radius 2 is 1.70 bits per heavy atom. The van der Waals surface area contributed by atoms with E-state index in [0.29, 0.717) is 6.61 Å². The lowest BCUT2D eigenvalue weighted by molar-refractivity contribution is 0.287. The van der Waals surface area contributed by atoms with Gasteiger partial charge < -0.3 is 4.74 Å². The molecule has 0 aliphatic rings. The first kappa shape index (κ1) is 14.6. The summed E-state index contributed by atoms with van der Waals surface area (Å²) < 4.78 is 5.72. The van der Waals surface area contributed by atoms with Crippen molar-refractivity contribution in [2.75, 3.05) is 6.61 Å².